The lowest BCUT2D eigenvalue weighted by molar-refractivity contribution is 0.255. The molecule has 58 valence electrons. The summed E-state index contributed by atoms with van der Waals surface area (Å²) in [6.07, 6.45) is 1.04. The van der Waals surface area contributed by atoms with Crippen molar-refractivity contribution in [1.82, 2.24) is 0 Å². The standard InChI is InChI=1S/C5H12FNO.ClH/c6-3-1-2-5(7)4-8;/h5,8H,1-4,7H2;1H/t5-;/m0./s1. The summed E-state index contributed by atoms with van der Waals surface area (Å²) < 4.78 is 11.4. The van der Waals surface area contributed by atoms with Crippen LogP contribution in [-0.2, 0) is 0 Å². The minimum Gasteiger partial charge on any atom is -0.395 e. The zero-order chi connectivity index (χ0) is 6.41. The van der Waals surface area contributed by atoms with Crippen LogP contribution < -0.4 is 5.73 Å². The van der Waals surface area contributed by atoms with E-state index in [1.807, 2.05) is 0 Å². The lowest BCUT2D eigenvalue weighted by atomic mass is 10.2. The van der Waals surface area contributed by atoms with Gasteiger partial charge in [0.1, 0.15) is 0 Å². The Morgan fingerprint density at radius 3 is 2.44 bits per heavy atom. The van der Waals surface area contributed by atoms with E-state index in [9.17, 15) is 4.39 Å². The van der Waals surface area contributed by atoms with E-state index in [0.29, 0.717) is 12.8 Å². The number of halogens is 2. The smallest absolute Gasteiger partial charge is 0.0895 e. The van der Waals surface area contributed by atoms with Crippen molar-refractivity contribution in [1.29, 1.82) is 0 Å². The van der Waals surface area contributed by atoms with E-state index < -0.39 is 0 Å². The van der Waals surface area contributed by atoms with Gasteiger partial charge < -0.3 is 10.8 Å². The molecule has 0 radical (unpaired) electrons. The van der Waals surface area contributed by atoms with Crippen LogP contribution in [0, 0.1) is 0 Å². The molecule has 3 N–H and O–H groups in total. The lowest BCUT2D eigenvalue weighted by Crippen LogP contribution is -2.23. The third-order valence-corrected chi connectivity index (χ3v) is 0.943. The van der Waals surface area contributed by atoms with Gasteiger partial charge in [-0.05, 0) is 12.8 Å². The third-order valence-electron chi connectivity index (χ3n) is 0.943. The Kier molecular flexibility index (Phi) is 10.7. The zero-order valence-corrected chi connectivity index (χ0v) is 6.03. The van der Waals surface area contributed by atoms with E-state index in [1.165, 1.54) is 0 Å². The fraction of sp³-hybridized carbons (Fsp3) is 1.00. The number of aliphatic hydroxyl groups is 1. The molecule has 4 heteroatoms. The summed E-state index contributed by atoms with van der Waals surface area (Å²) >= 11 is 0. The molecule has 2 nitrogen and oxygen atoms in total. The minimum absolute atomic E-state index is 0. The first-order valence-corrected chi connectivity index (χ1v) is 2.73. The van der Waals surface area contributed by atoms with E-state index >= 15 is 0 Å². The normalized spacial score (nSPS) is 12.3. The molecule has 0 aliphatic rings. The van der Waals surface area contributed by atoms with E-state index in [0.717, 1.165) is 0 Å². The largest absolute Gasteiger partial charge is 0.395 e. The molecule has 0 aromatic rings. The second-order valence-electron chi connectivity index (χ2n) is 1.77. The van der Waals surface area contributed by atoms with Crippen molar-refractivity contribution in [2.75, 3.05) is 13.3 Å². The molecule has 0 aromatic heterocycles. The summed E-state index contributed by atoms with van der Waals surface area (Å²) in [6, 6.07) is -0.231. The molecule has 0 bridgehead atoms. The van der Waals surface area contributed by atoms with Gasteiger partial charge in [0.05, 0.1) is 13.3 Å². The molecule has 0 heterocycles. The number of aliphatic hydroxyl groups excluding tert-OH is 1. The Balaban J connectivity index is 0. The molecule has 0 rings (SSSR count). The van der Waals surface area contributed by atoms with E-state index in [1.54, 1.807) is 0 Å². The van der Waals surface area contributed by atoms with Crippen LogP contribution in [0.1, 0.15) is 12.8 Å². The second kappa shape index (κ2) is 8.14. The van der Waals surface area contributed by atoms with Crippen LogP contribution >= 0.6 is 12.4 Å². The van der Waals surface area contributed by atoms with Gasteiger partial charge in [0, 0.05) is 6.04 Å². The molecule has 0 saturated carbocycles. The minimum atomic E-state index is -0.340. The summed E-state index contributed by atoms with van der Waals surface area (Å²) in [5.74, 6) is 0. The first kappa shape index (κ1) is 11.9. The maximum absolute atomic E-state index is 11.4. The summed E-state index contributed by atoms with van der Waals surface area (Å²) in [5.41, 5.74) is 5.24. The zero-order valence-electron chi connectivity index (χ0n) is 5.22. The van der Waals surface area contributed by atoms with Crippen molar-refractivity contribution >= 4 is 12.4 Å². The molecular weight excluding hydrogens is 145 g/mol. The van der Waals surface area contributed by atoms with E-state index in [2.05, 4.69) is 0 Å². The van der Waals surface area contributed by atoms with Gasteiger partial charge >= 0.3 is 0 Å². The third kappa shape index (κ3) is 8.14. The van der Waals surface area contributed by atoms with Gasteiger partial charge in [0.25, 0.3) is 0 Å². The highest BCUT2D eigenvalue weighted by Gasteiger charge is 1.97. The highest BCUT2D eigenvalue weighted by Crippen LogP contribution is 1.92. The Labute approximate surface area is 60.7 Å². The van der Waals surface area contributed by atoms with Crippen molar-refractivity contribution in [2.45, 2.75) is 18.9 Å². The predicted molar refractivity (Wildman–Crippen MR) is 37.5 cm³/mol. The van der Waals surface area contributed by atoms with Crippen molar-refractivity contribution in [3.05, 3.63) is 0 Å². The fourth-order valence-electron chi connectivity index (χ4n) is 0.431. The van der Waals surface area contributed by atoms with Crippen LogP contribution in [0.3, 0.4) is 0 Å². The molecule has 1 atom stereocenters. The Bertz CT molecular complexity index is 56.2. The summed E-state index contributed by atoms with van der Waals surface area (Å²) in [5, 5.41) is 8.31. The topological polar surface area (TPSA) is 46.2 Å². The first-order chi connectivity index (χ1) is 3.81. The van der Waals surface area contributed by atoms with Crippen LogP contribution in [0.15, 0.2) is 0 Å². The van der Waals surface area contributed by atoms with Crippen LogP contribution in [0.5, 0.6) is 0 Å². The quantitative estimate of drug-likeness (QED) is 0.624. The summed E-state index contributed by atoms with van der Waals surface area (Å²) in [6.45, 7) is -0.381. The molecule has 0 fully saturated rings. The molecule has 0 aliphatic heterocycles. The van der Waals surface area contributed by atoms with Gasteiger partial charge in [0.15, 0.2) is 0 Å². The monoisotopic (exact) mass is 157 g/mol. The number of rotatable bonds is 4. The van der Waals surface area contributed by atoms with Crippen molar-refractivity contribution in [3.8, 4) is 0 Å². The molecule has 0 amide bonds. The average Bonchev–Trinajstić information content (AvgIpc) is 1.83. The molecule has 0 spiro atoms. The van der Waals surface area contributed by atoms with Gasteiger partial charge in [-0.15, -0.1) is 12.4 Å². The predicted octanol–water partition coefficient (Wildman–Crippen LogP) is 0.477. The average molecular weight is 158 g/mol. The molecule has 9 heavy (non-hydrogen) atoms. The number of nitrogens with two attached hydrogens (primary N) is 1. The van der Waals surface area contributed by atoms with Crippen LogP contribution in [0.2, 0.25) is 0 Å². The first-order valence-electron chi connectivity index (χ1n) is 2.73. The molecule has 0 aliphatic carbocycles. The van der Waals surface area contributed by atoms with Crippen LogP contribution in [0.4, 0.5) is 4.39 Å². The van der Waals surface area contributed by atoms with E-state index in [4.69, 9.17) is 10.8 Å². The Morgan fingerprint density at radius 2 is 2.11 bits per heavy atom. The maximum Gasteiger partial charge on any atom is 0.0895 e. The van der Waals surface area contributed by atoms with Gasteiger partial charge in [-0.1, -0.05) is 0 Å². The summed E-state index contributed by atoms with van der Waals surface area (Å²) in [7, 11) is 0. The number of hydrogen-bond donors (Lipinski definition) is 2. The van der Waals surface area contributed by atoms with Gasteiger partial charge in [-0.2, -0.15) is 0 Å². The van der Waals surface area contributed by atoms with Crippen molar-refractivity contribution < 1.29 is 9.50 Å². The SMILES string of the molecule is Cl.N[C@H](CO)CCCF. The Hall–Kier alpha value is 0.140. The van der Waals surface area contributed by atoms with Crippen molar-refractivity contribution in [2.24, 2.45) is 5.73 Å². The van der Waals surface area contributed by atoms with E-state index in [-0.39, 0.29) is 31.7 Å². The molecular formula is C5H13ClFNO. The fourth-order valence-corrected chi connectivity index (χ4v) is 0.431. The van der Waals surface area contributed by atoms with Gasteiger partial charge in [-0.3, -0.25) is 4.39 Å². The van der Waals surface area contributed by atoms with Crippen molar-refractivity contribution in [3.63, 3.8) is 0 Å². The van der Waals surface area contributed by atoms with Crippen LogP contribution in [0.25, 0.3) is 0 Å². The Morgan fingerprint density at radius 1 is 1.56 bits per heavy atom. The highest BCUT2D eigenvalue weighted by molar-refractivity contribution is 5.85. The number of alkyl halides is 1. The van der Waals surface area contributed by atoms with Gasteiger partial charge in [-0.25, -0.2) is 0 Å². The summed E-state index contributed by atoms with van der Waals surface area (Å²) in [4.78, 5) is 0. The van der Waals surface area contributed by atoms with Gasteiger partial charge in [0.2, 0.25) is 0 Å². The van der Waals surface area contributed by atoms with Crippen LogP contribution in [-0.4, -0.2) is 24.4 Å². The maximum atomic E-state index is 11.4. The second-order valence-corrected chi connectivity index (χ2v) is 1.77. The highest BCUT2D eigenvalue weighted by atomic mass is 35.5. The molecule has 0 saturated heterocycles. The number of hydrogen-bond acceptors (Lipinski definition) is 2. The molecule has 0 aromatic carbocycles. The molecule has 0 unspecified atom stereocenters. The lowest BCUT2D eigenvalue weighted by Gasteiger charge is -2.03.